The van der Waals surface area contributed by atoms with E-state index in [9.17, 15) is 0 Å². The van der Waals surface area contributed by atoms with Crippen molar-refractivity contribution >= 4 is 0 Å². The fourth-order valence-corrected chi connectivity index (χ4v) is 2.52. The number of hydrogen-bond acceptors (Lipinski definition) is 3. The maximum atomic E-state index is 6.11. The van der Waals surface area contributed by atoms with E-state index in [4.69, 9.17) is 9.47 Å². The Labute approximate surface area is 116 Å². The van der Waals surface area contributed by atoms with E-state index >= 15 is 0 Å². The fourth-order valence-electron chi connectivity index (χ4n) is 2.52. The van der Waals surface area contributed by atoms with Crippen LogP contribution in [0.4, 0.5) is 0 Å². The van der Waals surface area contributed by atoms with Gasteiger partial charge in [0.05, 0.1) is 7.11 Å². The van der Waals surface area contributed by atoms with E-state index in [0.29, 0.717) is 12.0 Å². The summed E-state index contributed by atoms with van der Waals surface area (Å²) in [5, 5.41) is 3.63. The van der Waals surface area contributed by atoms with Gasteiger partial charge in [0.25, 0.3) is 0 Å². The van der Waals surface area contributed by atoms with Gasteiger partial charge in [0.1, 0.15) is 17.6 Å². The Morgan fingerprint density at radius 3 is 2.84 bits per heavy atom. The summed E-state index contributed by atoms with van der Waals surface area (Å²) in [6.45, 7) is 7.66. The number of hydrogen-bond donors (Lipinski definition) is 1. The molecule has 3 heteroatoms. The first-order valence-corrected chi connectivity index (χ1v) is 7.23. The van der Waals surface area contributed by atoms with E-state index in [1.165, 1.54) is 5.56 Å². The van der Waals surface area contributed by atoms with E-state index in [0.717, 1.165) is 30.9 Å². The van der Waals surface area contributed by atoms with Crippen LogP contribution in [0.2, 0.25) is 0 Å². The Balaban J connectivity index is 2.27. The summed E-state index contributed by atoms with van der Waals surface area (Å²) in [6, 6.07) is 6.47. The highest BCUT2D eigenvalue weighted by Gasteiger charge is 2.29. The van der Waals surface area contributed by atoms with Crippen molar-refractivity contribution in [3.8, 4) is 11.5 Å². The molecule has 0 saturated carbocycles. The summed E-state index contributed by atoms with van der Waals surface area (Å²) in [7, 11) is 1.71. The molecule has 0 fully saturated rings. The molecule has 2 atom stereocenters. The summed E-state index contributed by atoms with van der Waals surface area (Å²) < 4.78 is 11.4. The number of methoxy groups -OCH3 is 1. The molecule has 0 saturated heterocycles. The molecule has 3 nitrogen and oxygen atoms in total. The van der Waals surface area contributed by atoms with Crippen molar-refractivity contribution in [2.45, 2.75) is 45.8 Å². The van der Waals surface area contributed by atoms with E-state index in [-0.39, 0.29) is 6.10 Å². The largest absolute Gasteiger partial charge is 0.497 e. The molecule has 1 aromatic rings. The van der Waals surface area contributed by atoms with Gasteiger partial charge in [-0.2, -0.15) is 0 Å². The zero-order valence-electron chi connectivity index (χ0n) is 12.4. The van der Waals surface area contributed by atoms with Crippen LogP contribution >= 0.6 is 0 Å². The van der Waals surface area contributed by atoms with Crippen LogP contribution in [-0.4, -0.2) is 19.8 Å². The molecule has 0 spiro atoms. The second-order valence-corrected chi connectivity index (χ2v) is 5.55. The Morgan fingerprint density at radius 1 is 1.42 bits per heavy atom. The van der Waals surface area contributed by atoms with Gasteiger partial charge in [0.15, 0.2) is 0 Å². The molecule has 1 aliphatic heterocycles. The third kappa shape index (κ3) is 3.21. The molecule has 1 aliphatic rings. The Hall–Kier alpha value is -1.22. The summed E-state index contributed by atoms with van der Waals surface area (Å²) >= 11 is 0. The molecule has 2 unspecified atom stereocenters. The van der Waals surface area contributed by atoms with Gasteiger partial charge in [0.2, 0.25) is 0 Å². The molecule has 0 aliphatic carbocycles. The van der Waals surface area contributed by atoms with Crippen LogP contribution in [0, 0.1) is 5.92 Å². The first-order chi connectivity index (χ1) is 9.15. The molecule has 0 amide bonds. The van der Waals surface area contributed by atoms with Gasteiger partial charge >= 0.3 is 0 Å². The lowest BCUT2D eigenvalue weighted by Gasteiger charge is -2.35. The fraction of sp³-hybridized carbons (Fsp3) is 0.625. The average Bonchev–Trinajstić information content (AvgIpc) is 2.43. The van der Waals surface area contributed by atoms with Crippen molar-refractivity contribution in [3.63, 3.8) is 0 Å². The Kier molecular flexibility index (Phi) is 4.70. The number of fused-ring (bicyclic) bond motifs is 1. The topological polar surface area (TPSA) is 30.5 Å². The van der Waals surface area contributed by atoms with Gasteiger partial charge in [-0.3, -0.25) is 0 Å². The normalized spacial score (nSPS) is 21.9. The third-order valence-corrected chi connectivity index (χ3v) is 3.72. The summed E-state index contributed by atoms with van der Waals surface area (Å²) in [5.74, 6) is 2.43. The van der Waals surface area contributed by atoms with Gasteiger partial charge in [-0.1, -0.05) is 20.8 Å². The zero-order chi connectivity index (χ0) is 13.8. The summed E-state index contributed by atoms with van der Waals surface area (Å²) in [4.78, 5) is 0. The predicted molar refractivity (Wildman–Crippen MR) is 77.9 cm³/mol. The van der Waals surface area contributed by atoms with Crippen LogP contribution < -0.4 is 14.8 Å². The van der Waals surface area contributed by atoms with Gasteiger partial charge in [-0.05, 0) is 37.1 Å². The van der Waals surface area contributed by atoms with Gasteiger partial charge in [-0.15, -0.1) is 0 Å². The zero-order valence-corrected chi connectivity index (χ0v) is 12.4. The highest BCUT2D eigenvalue weighted by atomic mass is 16.5. The van der Waals surface area contributed by atoms with E-state index < -0.39 is 0 Å². The molecule has 1 N–H and O–H groups in total. The Bertz CT molecular complexity index is 417. The first-order valence-electron chi connectivity index (χ1n) is 7.23. The third-order valence-electron chi connectivity index (χ3n) is 3.72. The second-order valence-electron chi connectivity index (χ2n) is 5.55. The molecular formula is C16H25NO2. The van der Waals surface area contributed by atoms with E-state index in [2.05, 4.69) is 32.2 Å². The first kappa shape index (κ1) is 14.2. The van der Waals surface area contributed by atoms with Gasteiger partial charge in [-0.25, -0.2) is 0 Å². The van der Waals surface area contributed by atoms with Crippen molar-refractivity contribution < 1.29 is 9.47 Å². The standard InChI is InChI=1S/C16H25NO2/c1-5-8-17-14-10-16(11(2)3)19-15-7-6-12(18-4)9-13(14)15/h6-7,9,11,14,16-17H,5,8,10H2,1-4H3. The van der Waals surface area contributed by atoms with Crippen LogP contribution in [0.1, 0.15) is 45.2 Å². The van der Waals surface area contributed by atoms with Crippen molar-refractivity contribution in [1.29, 1.82) is 0 Å². The number of rotatable bonds is 5. The van der Waals surface area contributed by atoms with Crippen molar-refractivity contribution in [2.24, 2.45) is 5.92 Å². The lowest BCUT2D eigenvalue weighted by molar-refractivity contribution is 0.107. The summed E-state index contributed by atoms with van der Waals surface area (Å²) in [6.07, 6.45) is 2.45. The van der Waals surface area contributed by atoms with E-state index in [1.807, 2.05) is 12.1 Å². The Morgan fingerprint density at radius 2 is 2.21 bits per heavy atom. The molecule has 19 heavy (non-hydrogen) atoms. The SMILES string of the molecule is CCCNC1CC(C(C)C)Oc2ccc(OC)cc21. The van der Waals surface area contributed by atoms with E-state index in [1.54, 1.807) is 7.11 Å². The van der Waals surface area contributed by atoms with Crippen LogP contribution in [0.25, 0.3) is 0 Å². The molecule has 1 aromatic carbocycles. The maximum absolute atomic E-state index is 6.11. The van der Waals surface area contributed by atoms with Crippen molar-refractivity contribution in [3.05, 3.63) is 23.8 Å². The number of nitrogens with one attached hydrogen (secondary N) is 1. The lowest BCUT2D eigenvalue weighted by atomic mass is 9.91. The molecule has 2 rings (SSSR count). The minimum Gasteiger partial charge on any atom is -0.497 e. The quantitative estimate of drug-likeness (QED) is 0.881. The van der Waals surface area contributed by atoms with Gasteiger partial charge in [0, 0.05) is 18.0 Å². The monoisotopic (exact) mass is 263 g/mol. The molecule has 106 valence electrons. The minimum atomic E-state index is 0.287. The average molecular weight is 263 g/mol. The number of benzene rings is 1. The number of ether oxygens (including phenoxy) is 2. The van der Waals surface area contributed by atoms with Crippen LogP contribution in [0.15, 0.2) is 18.2 Å². The van der Waals surface area contributed by atoms with Gasteiger partial charge < -0.3 is 14.8 Å². The maximum Gasteiger partial charge on any atom is 0.124 e. The molecule has 0 aromatic heterocycles. The highest BCUT2D eigenvalue weighted by Crippen LogP contribution is 2.38. The van der Waals surface area contributed by atoms with Crippen molar-refractivity contribution in [1.82, 2.24) is 5.32 Å². The summed E-state index contributed by atoms with van der Waals surface area (Å²) in [5.41, 5.74) is 1.23. The van der Waals surface area contributed by atoms with Crippen LogP contribution in [-0.2, 0) is 0 Å². The lowest BCUT2D eigenvalue weighted by Crippen LogP contribution is -2.36. The minimum absolute atomic E-state index is 0.287. The molecule has 1 heterocycles. The van der Waals surface area contributed by atoms with Crippen molar-refractivity contribution in [2.75, 3.05) is 13.7 Å². The second kappa shape index (κ2) is 6.29. The predicted octanol–water partition coefficient (Wildman–Crippen LogP) is 3.54. The molecular weight excluding hydrogens is 238 g/mol. The molecule has 0 radical (unpaired) electrons. The van der Waals surface area contributed by atoms with Crippen LogP contribution in [0.5, 0.6) is 11.5 Å². The smallest absolute Gasteiger partial charge is 0.124 e. The highest BCUT2D eigenvalue weighted by molar-refractivity contribution is 5.43. The molecule has 0 bridgehead atoms. The van der Waals surface area contributed by atoms with Crippen LogP contribution in [0.3, 0.4) is 0 Å².